The van der Waals surface area contributed by atoms with Crippen molar-refractivity contribution in [2.75, 3.05) is 0 Å². The second-order valence-corrected chi connectivity index (χ2v) is 5.81. The van der Waals surface area contributed by atoms with Crippen molar-refractivity contribution in [3.05, 3.63) is 57.6 Å². The summed E-state index contributed by atoms with van der Waals surface area (Å²) in [7, 11) is 0. The lowest BCUT2D eigenvalue weighted by Gasteiger charge is -2.13. The molecule has 1 N–H and O–H groups in total. The van der Waals surface area contributed by atoms with Crippen molar-refractivity contribution in [1.82, 2.24) is 0 Å². The van der Waals surface area contributed by atoms with Gasteiger partial charge in [-0.15, -0.1) is 0 Å². The molecule has 0 atom stereocenters. The number of alkyl halides is 3. The highest BCUT2D eigenvalue weighted by Crippen LogP contribution is 2.38. The lowest BCUT2D eigenvalue weighted by molar-refractivity contribution is -0.137. The summed E-state index contributed by atoms with van der Waals surface area (Å²) in [4.78, 5) is 11.4. The van der Waals surface area contributed by atoms with Gasteiger partial charge in [0.15, 0.2) is 0 Å². The van der Waals surface area contributed by atoms with Gasteiger partial charge in [-0.05, 0) is 46.5 Å². The van der Waals surface area contributed by atoms with Crippen molar-refractivity contribution in [3.63, 3.8) is 0 Å². The lowest BCUT2D eigenvalue weighted by atomic mass is 9.95. The van der Waals surface area contributed by atoms with Crippen molar-refractivity contribution in [3.8, 4) is 0 Å². The van der Waals surface area contributed by atoms with Crippen LogP contribution in [0.15, 0.2) is 36.4 Å². The van der Waals surface area contributed by atoms with Gasteiger partial charge in [0.25, 0.3) is 0 Å². The van der Waals surface area contributed by atoms with E-state index in [2.05, 4.69) is 0 Å². The zero-order valence-corrected chi connectivity index (χ0v) is 12.7. The Morgan fingerprint density at radius 3 is 2.17 bits per heavy atom. The van der Waals surface area contributed by atoms with Crippen LogP contribution >= 0.6 is 23.2 Å². The Bertz CT molecular complexity index is 965. The van der Waals surface area contributed by atoms with E-state index in [4.69, 9.17) is 23.2 Å². The minimum absolute atomic E-state index is 0.120. The third kappa shape index (κ3) is 2.71. The molecule has 3 rings (SSSR count). The number of carbonyl (C=O) groups is 1. The number of hydrogen-bond acceptors (Lipinski definition) is 1. The van der Waals surface area contributed by atoms with E-state index in [0.29, 0.717) is 10.8 Å². The molecular formula is C16H7Cl2F3O2. The first kappa shape index (κ1) is 15.9. The van der Waals surface area contributed by atoms with Gasteiger partial charge >= 0.3 is 12.1 Å². The molecule has 0 heterocycles. The molecule has 0 aliphatic heterocycles. The molecule has 118 valence electrons. The standard InChI is InChI=1S/C16H7Cl2F3O2/c17-8-4-11-10-3-7(16(19,20)21)1-2-9(10)13(15(22)23)6-12(11)14(18)5-8/h1-6H,(H,22,23). The van der Waals surface area contributed by atoms with Gasteiger partial charge in [-0.3, -0.25) is 0 Å². The Morgan fingerprint density at radius 2 is 1.57 bits per heavy atom. The van der Waals surface area contributed by atoms with Crippen LogP contribution in [-0.4, -0.2) is 11.1 Å². The van der Waals surface area contributed by atoms with Crippen LogP contribution in [0.4, 0.5) is 13.2 Å². The summed E-state index contributed by atoms with van der Waals surface area (Å²) in [5.74, 6) is -1.25. The minimum atomic E-state index is -4.54. The summed E-state index contributed by atoms with van der Waals surface area (Å²) < 4.78 is 38.9. The maximum absolute atomic E-state index is 13.0. The van der Waals surface area contributed by atoms with Gasteiger partial charge < -0.3 is 5.11 Å². The monoisotopic (exact) mass is 358 g/mol. The molecule has 0 amide bonds. The molecule has 0 spiro atoms. The summed E-state index contributed by atoms with van der Waals surface area (Å²) in [5, 5.41) is 10.8. The first-order chi connectivity index (χ1) is 10.7. The zero-order valence-electron chi connectivity index (χ0n) is 11.2. The third-order valence-corrected chi connectivity index (χ3v) is 4.07. The van der Waals surface area contributed by atoms with Gasteiger partial charge in [-0.2, -0.15) is 13.2 Å². The molecule has 0 saturated carbocycles. The van der Waals surface area contributed by atoms with Gasteiger partial charge in [0.2, 0.25) is 0 Å². The Kier molecular flexibility index (Phi) is 3.65. The number of carboxylic acid groups (broad SMARTS) is 1. The van der Waals surface area contributed by atoms with Crippen molar-refractivity contribution in [2.45, 2.75) is 6.18 Å². The van der Waals surface area contributed by atoms with E-state index in [-0.39, 0.29) is 26.4 Å². The highest BCUT2D eigenvalue weighted by molar-refractivity contribution is 6.40. The predicted octanol–water partition coefficient (Wildman–Crippen LogP) is 6.02. The normalized spacial score (nSPS) is 12.0. The van der Waals surface area contributed by atoms with Crippen LogP contribution in [0.1, 0.15) is 15.9 Å². The Morgan fingerprint density at radius 1 is 0.913 bits per heavy atom. The van der Waals surface area contributed by atoms with Gasteiger partial charge in [0.05, 0.1) is 11.1 Å². The van der Waals surface area contributed by atoms with Crippen molar-refractivity contribution in [2.24, 2.45) is 0 Å². The molecule has 0 bridgehead atoms. The molecule has 0 saturated heterocycles. The summed E-state index contributed by atoms with van der Waals surface area (Å²) in [6.07, 6.45) is -4.54. The first-order valence-electron chi connectivity index (χ1n) is 6.34. The van der Waals surface area contributed by atoms with E-state index in [0.717, 1.165) is 18.2 Å². The number of fused-ring (bicyclic) bond motifs is 3. The van der Waals surface area contributed by atoms with Crippen molar-refractivity contribution in [1.29, 1.82) is 0 Å². The highest BCUT2D eigenvalue weighted by Gasteiger charge is 2.31. The topological polar surface area (TPSA) is 37.3 Å². The first-order valence-corrected chi connectivity index (χ1v) is 7.10. The zero-order chi connectivity index (χ0) is 16.9. The number of rotatable bonds is 1. The quantitative estimate of drug-likeness (QED) is 0.540. The molecule has 0 fully saturated rings. The number of halogens is 5. The minimum Gasteiger partial charge on any atom is -0.478 e. The lowest BCUT2D eigenvalue weighted by Crippen LogP contribution is -2.05. The summed E-state index contributed by atoms with van der Waals surface area (Å²) in [5.41, 5.74) is -0.990. The van der Waals surface area contributed by atoms with E-state index < -0.39 is 17.7 Å². The summed E-state index contributed by atoms with van der Waals surface area (Å²) in [6.45, 7) is 0. The van der Waals surface area contributed by atoms with Gasteiger partial charge in [-0.25, -0.2) is 4.79 Å². The van der Waals surface area contributed by atoms with Crippen LogP contribution in [0.2, 0.25) is 10.0 Å². The fourth-order valence-corrected chi connectivity index (χ4v) is 3.08. The molecule has 0 unspecified atom stereocenters. The van der Waals surface area contributed by atoms with Crippen LogP contribution < -0.4 is 0 Å². The van der Waals surface area contributed by atoms with Crippen LogP contribution in [-0.2, 0) is 6.18 Å². The summed E-state index contributed by atoms with van der Waals surface area (Å²) in [6, 6.07) is 7.14. The average Bonchev–Trinajstić information content (AvgIpc) is 2.44. The van der Waals surface area contributed by atoms with Crippen LogP contribution in [0.5, 0.6) is 0 Å². The number of hydrogen-bond donors (Lipinski definition) is 1. The van der Waals surface area contributed by atoms with Gasteiger partial charge in [-0.1, -0.05) is 29.3 Å². The maximum Gasteiger partial charge on any atom is 0.416 e. The van der Waals surface area contributed by atoms with Crippen LogP contribution in [0.25, 0.3) is 21.5 Å². The molecule has 0 aliphatic rings. The van der Waals surface area contributed by atoms with E-state index in [1.807, 2.05) is 0 Å². The molecule has 23 heavy (non-hydrogen) atoms. The average molecular weight is 359 g/mol. The van der Waals surface area contributed by atoms with Crippen molar-refractivity contribution >= 4 is 50.7 Å². The molecule has 3 aromatic carbocycles. The van der Waals surface area contributed by atoms with Gasteiger partial charge in [0, 0.05) is 15.4 Å². The largest absolute Gasteiger partial charge is 0.478 e. The summed E-state index contributed by atoms with van der Waals surface area (Å²) >= 11 is 12.0. The molecule has 0 aromatic heterocycles. The number of benzene rings is 3. The smallest absolute Gasteiger partial charge is 0.416 e. The van der Waals surface area contributed by atoms with E-state index in [1.165, 1.54) is 18.2 Å². The predicted molar refractivity (Wildman–Crippen MR) is 83.4 cm³/mol. The van der Waals surface area contributed by atoms with Crippen LogP contribution in [0, 0.1) is 0 Å². The Hall–Kier alpha value is -1.98. The molecule has 7 heteroatoms. The van der Waals surface area contributed by atoms with E-state index in [1.54, 1.807) is 0 Å². The van der Waals surface area contributed by atoms with E-state index in [9.17, 15) is 23.1 Å². The molecule has 3 aromatic rings. The Balaban J connectivity index is 2.55. The number of carboxylic acids is 1. The second-order valence-electron chi connectivity index (χ2n) is 4.97. The van der Waals surface area contributed by atoms with E-state index >= 15 is 0 Å². The molecule has 2 nitrogen and oxygen atoms in total. The molecule has 0 aliphatic carbocycles. The molecular weight excluding hydrogens is 352 g/mol. The number of aromatic carboxylic acids is 1. The second kappa shape index (κ2) is 5.28. The highest BCUT2D eigenvalue weighted by atomic mass is 35.5. The third-order valence-electron chi connectivity index (χ3n) is 3.54. The van der Waals surface area contributed by atoms with Crippen LogP contribution in [0.3, 0.4) is 0 Å². The fourth-order valence-electron chi connectivity index (χ4n) is 2.53. The SMILES string of the molecule is O=C(O)c1cc2c(Cl)cc(Cl)cc2c2cc(C(F)(F)F)ccc12. The van der Waals surface area contributed by atoms with Crippen molar-refractivity contribution < 1.29 is 23.1 Å². The maximum atomic E-state index is 13.0. The Labute approximate surface area is 138 Å². The molecule has 0 radical (unpaired) electrons. The fraction of sp³-hybridized carbons (Fsp3) is 0.0625. The van der Waals surface area contributed by atoms with Gasteiger partial charge in [0.1, 0.15) is 0 Å².